The fraction of sp³-hybridized carbons (Fsp3) is 0.188. The highest BCUT2D eigenvalue weighted by atomic mass is 32.2. The van der Waals surface area contributed by atoms with Crippen LogP contribution in [0.1, 0.15) is 12.0 Å². The third-order valence-electron chi connectivity index (χ3n) is 3.59. The Morgan fingerprint density at radius 2 is 1.67 bits per heavy atom. The standard InChI is InChI=1S/C16H13F2NO4S/c17-16(18)24(21,22)13-5-2-11(3-6-13)23-12-4-7-14-10(9-12)1-8-15(20)19-14/h2-7,9,16H,1,8H2,(H,19,20). The van der Waals surface area contributed by atoms with Crippen LogP contribution in [0.4, 0.5) is 14.5 Å². The second-order valence-electron chi connectivity index (χ2n) is 5.25. The van der Waals surface area contributed by atoms with E-state index in [0.29, 0.717) is 24.3 Å². The van der Waals surface area contributed by atoms with Crippen LogP contribution in [-0.2, 0) is 21.1 Å². The maximum absolute atomic E-state index is 12.5. The van der Waals surface area contributed by atoms with Crippen molar-refractivity contribution in [2.24, 2.45) is 0 Å². The lowest BCUT2D eigenvalue weighted by atomic mass is 10.0. The van der Waals surface area contributed by atoms with Gasteiger partial charge in [0.05, 0.1) is 4.90 Å². The zero-order valence-corrected chi connectivity index (χ0v) is 13.1. The molecule has 0 saturated carbocycles. The van der Waals surface area contributed by atoms with E-state index in [0.717, 1.165) is 23.4 Å². The average Bonchev–Trinajstić information content (AvgIpc) is 2.55. The van der Waals surface area contributed by atoms with E-state index in [1.165, 1.54) is 12.1 Å². The molecule has 1 amide bonds. The molecule has 24 heavy (non-hydrogen) atoms. The van der Waals surface area contributed by atoms with Crippen molar-refractivity contribution in [2.75, 3.05) is 5.32 Å². The molecule has 1 N–H and O–H groups in total. The third-order valence-corrected chi connectivity index (χ3v) is 4.99. The number of hydrogen-bond acceptors (Lipinski definition) is 4. The van der Waals surface area contributed by atoms with Crippen molar-refractivity contribution >= 4 is 21.4 Å². The Morgan fingerprint density at radius 1 is 1.00 bits per heavy atom. The minimum Gasteiger partial charge on any atom is -0.457 e. The molecule has 126 valence electrons. The Hall–Kier alpha value is -2.48. The number of aryl methyl sites for hydroxylation is 1. The summed E-state index contributed by atoms with van der Waals surface area (Å²) in [5, 5.41) is 2.75. The van der Waals surface area contributed by atoms with Gasteiger partial charge in [0.25, 0.3) is 0 Å². The number of benzene rings is 2. The molecule has 1 aliphatic heterocycles. The van der Waals surface area contributed by atoms with Crippen LogP contribution in [0.25, 0.3) is 0 Å². The highest BCUT2D eigenvalue weighted by molar-refractivity contribution is 7.91. The van der Waals surface area contributed by atoms with Crippen LogP contribution in [0, 0.1) is 0 Å². The molecule has 8 heteroatoms. The number of ether oxygens (including phenoxy) is 1. The van der Waals surface area contributed by atoms with Crippen LogP contribution >= 0.6 is 0 Å². The monoisotopic (exact) mass is 353 g/mol. The van der Waals surface area contributed by atoms with Gasteiger partial charge >= 0.3 is 5.76 Å². The van der Waals surface area contributed by atoms with E-state index in [2.05, 4.69) is 5.32 Å². The zero-order valence-electron chi connectivity index (χ0n) is 12.3. The summed E-state index contributed by atoms with van der Waals surface area (Å²) in [5.41, 5.74) is 1.67. The molecule has 0 spiro atoms. The normalized spacial score (nSPS) is 14.2. The SMILES string of the molecule is O=C1CCc2cc(Oc3ccc(S(=O)(=O)C(F)F)cc3)ccc2N1. The number of nitrogens with one attached hydrogen (secondary N) is 1. The third kappa shape index (κ3) is 3.23. The van der Waals surface area contributed by atoms with Gasteiger partial charge in [-0.1, -0.05) is 0 Å². The van der Waals surface area contributed by atoms with E-state index < -0.39 is 20.5 Å². The molecule has 2 aromatic carbocycles. The molecule has 0 unspecified atom stereocenters. The Kier molecular flexibility index (Phi) is 4.23. The number of hydrogen-bond donors (Lipinski definition) is 1. The van der Waals surface area contributed by atoms with Crippen molar-refractivity contribution in [1.82, 2.24) is 0 Å². The summed E-state index contributed by atoms with van der Waals surface area (Å²) in [6.45, 7) is 0. The van der Waals surface area contributed by atoms with Crippen molar-refractivity contribution < 1.29 is 26.7 Å². The summed E-state index contributed by atoms with van der Waals surface area (Å²) in [5.74, 6) is -2.66. The predicted molar refractivity (Wildman–Crippen MR) is 83.1 cm³/mol. The molecule has 0 aromatic heterocycles. The van der Waals surface area contributed by atoms with E-state index >= 15 is 0 Å². The molecule has 2 aromatic rings. The number of fused-ring (bicyclic) bond motifs is 1. The van der Waals surface area contributed by atoms with Gasteiger partial charge in [0.2, 0.25) is 15.7 Å². The number of sulfone groups is 1. The second kappa shape index (κ2) is 6.20. The van der Waals surface area contributed by atoms with Crippen molar-refractivity contribution in [3.05, 3.63) is 48.0 Å². The van der Waals surface area contributed by atoms with E-state index in [1.54, 1.807) is 18.2 Å². The number of anilines is 1. The molecular formula is C16H13F2NO4S. The maximum atomic E-state index is 12.5. The van der Waals surface area contributed by atoms with E-state index in [1.807, 2.05) is 0 Å². The van der Waals surface area contributed by atoms with Crippen LogP contribution in [0.5, 0.6) is 11.5 Å². The number of amides is 1. The van der Waals surface area contributed by atoms with Gasteiger partial charge in [0, 0.05) is 12.1 Å². The molecule has 1 heterocycles. The Morgan fingerprint density at radius 3 is 2.33 bits per heavy atom. The summed E-state index contributed by atoms with van der Waals surface area (Å²) in [6.07, 6.45) is 1.00. The smallest absolute Gasteiger partial charge is 0.341 e. The van der Waals surface area contributed by atoms with Crippen LogP contribution in [0.2, 0.25) is 0 Å². The number of carbonyl (C=O) groups is 1. The van der Waals surface area contributed by atoms with Gasteiger partial charge in [-0.25, -0.2) is 8.42 Å². The molecule has 0 saturated heterocycles. The Balaban J connectivity index is 1.79. The summed E-state index contributed by atoms with van der Waals surface area (Å²) in [7, 11) is -4.61. The van der Waals surface area contributed by atoms with Gasteiger partial charge in [-0.2, -0.15) is 8.78 Å². The van der Waals surface area contributed by atoms with E-state index in [4.69, 9.17) is 4.74 Å². The molecule has 0 fully saturated rings. The topological polar surface area (TPSA) is 72.5 Å². The van der Waals surface area contributed by atoms with Crippen LogP contribution in [0.15, 0.2) is 47.4 Å². The van der Waals surface area contributed by atoms with Gasteiger partial charge < -0.3 is 10.1 Å². The number of rotatable bonds is 4. The van der Waals surface area contributed by atoms with Crippen LogP contribution < -0.4 is 10.1 Å². The molecule has 0 atom stereocenters. The quantitative estimate of drug-likeness (QED) is 0.915. The average molecular weight is 353 g/mol. The molecule has 3 rings (SSSR count). The molecular weight excluding hydrogens is 340 g/mol. The first-order chi connectivity index (χ1) is 11.4. The van der Waals surface area contributed by atoms with Crippen molar-refractivity contribution in [1.29, 1.82) is 0 Å². The largest absolute Gasteiger partial charge is 0.457 e. The number of carbonyl (C=O) groups excluding carboxylic acids is 1. The van der Waals surface area contributed by atoms with Crippen molar-refractivity contribution in [2.45, 2.75) is 23.5 Å². The lowest BCUT2D eigenvalue weighted by Crippen LogP contribution is -2.18. The Labute approximate surface area is 137 Å². The first-order valence-corrected chi connectivity index (χ1v) is 8.63. The lowest BCUT2D eigenvalue weighted by Gasteiger charge is -2.17. The molecule has 5 nitrogen and oxygen atoms in total. The number of halogens is 2. The number of alkyl halides is 2. The van der Waals surface area contributed by atoms with E-state index in [9.17, 15) is 22.0 Å². The second-order valence-corrected chi connectivity index (χ2v) is 7.16. The van der Waals surface area contributed by atoms with E-state index in [-0.39, 0.29) is 5.91 Å². The maximum Gasteiger partial charge on any atom is 0.341 e. The molecule has 0 bridgehead atoms. The highest BCUT2D eigenvalue weighted by Crippen LogP contribution is 2.30. The van der Waals surface area contributed by atoms with Gasteiger partial charge in [-0.15, -0.1) is 0 Å². The Bertz CT molecular complexity index is 879. The van der Waals surface area contributed by atoms with Crippen LogP contribution in [0.3, 0.4) is 0 Å². The van der Waals surface area contributed by atoms with Gasteiger partial charge in [0.1, 0.15) is 11.5 Å². The fourth-order valence-corrected chi connectivity index (χ4v) is 3.08. The predicted octanol–water partition coefficient (Wildman–Crippen LogP) is 3.36. The molecule has 0 aliphatic carbocycles. The first-order valence-electron chi connectivity index (χ1n) is 7.09. The summed E-state index contributed by atoms with van der Waals surface area (Å²) in [4.78, 5) is 10.9. The minimum absolute atomic E-state index is 0.0352. The fourth-order valence-electron chi connectivity index (χ4n) is 2.36. The highest BCUT2D eigenvalue weighted by Gasteiger charge is 2.26. The summed E-state index contributed by atoms with van der Waals surface area (Å²) in [6, 6.07) is 9.95. The van der Waals surface area contributed by atoms with Crippen molar-refractivity contribution in [3.63, 3.8) is 0 Å². The molecule has 0 radical (unpaired) electrons. The molecule has 1 aliphatic rings. The first kappa shape index (κ1) is 16.4. The van der Waals surface area contributed by atoms with Crippen molar-refractivity contribution in [3.8, 4) is 11.5 Å². The van der Waals surface area contributed by atoms with Crippen LogP contribution in [-0.4, -0.2) is 20.1 Å². The summed E-state index contributed by atoms with van der Waals surface area (Å²) < 4.78 is 53.3. The summed E-state index contributed by atoms with van der Waals surface area (Å²) >= 11 is 0. The lowest BCUT2D eigenvalue weighted by molar-refractivity contribution is -0.116. The minimum atomic E-state index is -4.61. The van der Waals surface area contributed by atoms with Gasteiger partial charge in [-0.05, 0) is 54.4 Å². The van der Waals surface area contributed by atoms with Gasteiger partial charge in [0.15, 0.2) is 0 Å². The zero-order chi connectivity index (χ0) is 17.3. The van der Waals surface area contributed by atoms with Gasteiger partial charge in [-0.3, -0.25) is 4.79 Å².